The zero-order chi connectivity index (χ0) is 8.20. The second-order valence-corrected chi connectivity index (χ2v) is 8.58. The van der Waals surface area contributed by atoms with E-state index in [1.807, 2.05) is 0 Å². The van der Waals surface area contributed by atoms with E-state index in [0.717, 1.165) is 6.42 Å². The topological polar surface area (TPSA) is 3.24 Å². The molecule has 62 valence electrons. The van der Waals surface area contributed by atoms with Crippen LogP contribution in [-0.4, -0.2) is 25.9 Å². The average Bonchev–Trinajstić information content (AvgIpc) is 1.80. The van der Waals surface area contributed by atoms with Crippen LogP contribution in [0.25, 0.3) is 0 Å². The Kier molecular flexibility index (Phi) is 8.20. The van der Waals surface area contributed by atoms with Crippen LogP contribution in [0.1, 0.15) is 13.3 Å². The van der Waals surface area contributed by atoms with E-state index in [1.54, 1.807) is 0 Å². The van der Waals surface area contributed by atoms with E-state index in [-0.39, 0.29) is 18.9 Å². The van der Waals surface area contributed by atoms with Gasteiger partial charge in [0.2, 0.25) is 0 Å². The maximum absolute atomic E-state index is 3.87. The molecule has 0 aromatic rings. The molecule has 0 aromatic carbocycles. The standard InChI is InChI=1S/C8H20NSi.Li/c1-6-8-9(7-2)10(3,4)5;/h1,6-8H2,2-5H3;/q-1;+1. The smallest absolute Gasteiger partial charge is 0.342 e. The molecular weight excluding hydrogens is 145 g/mol. The monoisotopic (exact) mass is 165 g/mol. The predicted octanol–water partition coefficient (Wildman–Crippen LogP) is -0.629. The zero-order valence-electron chi connectivity index (χ0n) is 8.78. The summed E-state index contributed by atoms with van der Waals surface area (Å²) in [6, 6.07) is 0. The van der Waals surface area contributed by atoms with Crippen molar-refractivity contribution in [2.45, 2.75) is 33.0 Å². The van der Waals surface area contributed by atoms with Crippen molar-refractivity contribution in [1.82, 2.24) is 4.57 Å². The summed E-state index contributed by atoms with van der Waals surface area (Å²) in [4.78, 5) is 0. The number of rotatable bonds is 4. The van der Waals surface area contributed by atoms with Gasteiger partial charge >= 0.3 is 18.9 Å². The Hall–Kier alpha value is 0.774. The molecular formula is C8H20LiNSi. The molecule has 0 saturated carbocycles. The van der Waals surface area contributed by atoms with Crippen LogP contribution in [0, 0.1) is 6.92 Å². The van der Waals surface area contributed by atoms with E-state index < -0.39 is 8.24 Å². The first-order valence-electron chi connectivity index (χ1n) is 4.06. The molecule has 0 rings (SSSR count). The molecule has 0 aromatic heterocycles. The maximum atomic E-state index is 3.87. The quantitative estimate of drug-likeness (QED) is 0.396. The summed E-state index contributed by atoms with van der Waals surface area (Å²) < 4.78 is 2.57. The van der Waals surface area contributed by atoms with Crippen molar-refractivity contribution in [3.63, 3.8) is 0 Å². The van der Waals surface area contributed by atoms with Crippen LogP contribution in [0.3, 0.4) is 0 Å². The number of nitrogens with zero attached hydrogens (tertiary/aromatic N) is 1. The average molecular weight is 165 g/mol. The Morgan fingerprint density at radius 1 is 1.27 bits per heavy atom. The van der Waals surface area contributed by atoms with E-state index >= 15 is 0 Å². The van der Waals surface area contributed by atoms with Crippen molar-refractivity contribution >= 4 is 8.24 Å². The minimum Gasteiger partial charge on any atom is -0.342 e. The molecule has 0 unspecified atom stereocenters. The molecule has 0 saturated heterocycles. The van der Waals surface area contributed by atoms with Gasteiger partial charge in [0.1, 0.15) is 8.24 Å². The molecule has 0 heterocycles. The molecule has 0 bridgehead atoms. The van der Waals surface area contributed by atoms with Crippen LogP contribution in [0.5, 0.6) is 0 Å². The van der Waals surface area contributed by atoms with E-state index in [1.165, 1.54) is 13.1 Å². The van der Waals surface area contributed by atoms with E-state index in [2.05, 4.69) is 38.1 Å². The van der Waals surface area contributed by atoms with Gasteiger partial charge in [0.15, 0.2) is 0 Å². The minimum absolute atomic E-state index is 0. The first-order chi connectivity index (χ1) is 4.52. The first-order valence-corrected chi connectivity index (χ1v) is 7.51. The predicted molar refractivity (Wildman–Crippen MR) is 50.6 cm³/mol. The van der Waals surface area contributed by atoms with Gasteiger partial charge in [0, 0.05) is 0 Å². The summed E-state index contributed by atoms with van der Waals surface area (Å²) in [7, 11) is -1.01. The van der Waals surface area contributed by atoms with E-state index in [9.17, 15) is 0 Å². The molecule has 11 heavy (non-hydrogen) atoms. The van der Waals surface area contributed by atoms with Crippen LogP contribution in [0.2, 0.25) is 19.6 Å². The third kappa shape index (κ3) is 5.98. The molecule has 1 nitrogen and oxygen atoms in total. The Morgan fingerprint density at radius 2 is 1.73 bits per heavy atom. The fourth-order valence-corrected chi connectivity index (χ4v) is 2.94. The molecule has 0 fully saturated rings. The molecule has 0 radical (unpaired) electrons. The Bertz CT molecular complexity index is 90.6. The van der Waals surface area contributed by atoms with Crippen molar-refractivity contribution in [1.29, 1.82) is 0 Å². The van der Waals surface area contributed by atoms with Gasteiger partial charge in [-0.15, -0.1) is 0 Å². The molecule has 0 N–H and O–H groups in total. The van der Waals surface area contributed by atoms with Gasteiger partial charge in [-0.2, -0.15) is 6.42 Å². The van der Waals surface area contributed by atoms with Crippen LogP contribution < -0.4 is 18.9 Å². The SMILES string of the molecule is [CH2-]CCN(CC)[Si](C)(C)C.[Li+]. The summed E-state index contributed by atoms with van der Waals surface area (Å²) in [6.45, 7) is 15.6. The molecule has 0 atom stereocenters. The Balaban J connectivity index is 0. The normalized spacial score (nSPS) is 11.5. The van der Waals surface area contributed by atoms with Gasteiger partial charge in [-0.1, -0.05) is 26.6 Å². The first kappa shape index (κ1) is 14.3. The van der Waals surface area contributed by atoms with Crippen LogP contribution >= 0.6 is 0 Å². The summed E-state index contributed by atoms with van der Waals surface area (Å²) >= 11 is 0. The summed E-state index contributed by atoms with van der Waals surface area (Å²) in [5.74, 6) is 0. The van der Waals surface area contributed by atoms with Crippen molar-refractivity contribution in [2.24, 2.45) is 0 Å². The maximum Gasteiger partial charge on any atom is 1.00 e. The fraction of sp³-hybridized carbons (Fsp3) is 0.875. The Labute approximate surface area is 84.8 Å². The number of hydrogen-bond donors (Lipinski definition) is 0. The molecule has 0 spiro atoms. The van der Waals surface area contributed by atoms with Crippen molar-refractivity contribution in [3.8, 4) is 0 Å². The van der Waals surface area contributed by atoms with Gasteiger partial charge in [0.25, 0.3) is 0 Å². The third-order valence-electron chi connectivity index (χ3n) is 1.76. The van der Waals surface area contributed by atoms with E-state index in [4.69, 9.17) is 0 Å². The van der Waals surface area contributed by atoms with Gasteiger partial charge < -0.3 is 11.5 Å². The van der Waals surface area contributed by atoms with Gasteiger partial charge in [0.05, 0.1) is 0 Å². The largest absolute Gasteiger partial charge is 1.00 e. The van der Waals surface area contributed by atoms with Crippen molar-refractivity contribution in [3.05, 3.63) is 6.92 Å². The van der Waals surface area contributed by atoms with Gasteiger partial charge in [-0.3, -0.25) is 0 Å². The molecule has 0 amide bonds. The van der Waals surface area contributed by atoms with Gasteiger partial charge in [-0.25, -0.2) is 0 Å². The van der Waals surface area contributed by atoms with Crippen LogP contribution in [0.4, 0.5) is 0 Å². The third-order valence-corrected chi connectivity index (χ3v) is 4.20. The summed E-state index contributed by atoms with van der Waals surface area (Å²) in [5.41, 5.74) is 0. The number of hydrogen-bond acceptors (Lipinski definition) is 1. The van der Waals surface area contributed by atoms with E-state index in [0.29, 0.717) is 0 Å². The molecule has 0 aliphatic carbocycles. The molecule has 0 aliphatic heterocycles. The fourth-order valence-electron chi connectivity index (χ4n) is 1.16. The zero-order valence-corrected chi connectivity index (χ0v) is 9.78. The molecule has 3 heteroatoms. The second-order valence-electron chi connectivity index (χ2n) is 3.60. The van der Waals surface area contributed by atoms with Gasteiger partial charge in [-0.05, 0) is 13.1 Å². The van der Waals surface area contributed by atoms with Crippen LogP contribution in [0.15, 0.2) is 0 Å². The summed E-state index contributed by atoms with van der Waals surface area (Å²) in [6.07, 6.45) is 1.04. The van der Waals surface area contributed by atoms with Crippen LogP contribution in [-0.2, 0) is 0 Å². The molecule has 0 aliphatic rings. The minimum atomic E-state index is -1.01. The van der Waals surface area contributed by atoms with Crippen molar-refractivity contribution in [2.75, 3.05) is 13.1 Å². The van der Waals surface area contributed by atoms with Crippen molar-refractivity contribution < 1.29 is 18.9 Å². The second kappa shape index (κ2) is 6.31. The summed E-state index contributed by atoms with van der Waals surface area (Å²) in [5, 5.41) is 0. The Morgan fingerprint density at radius 3 is 1.82 bits per heavy atom.